The number of hydrogen-bond donors (Lipinski definition) is 1. The molecule has 11 heteroatoms. The summed E-state index contributed by atoms with van der Waals surface area (Å²) in [5, 5.41) is 11.3. The molecule has 2 heterocycles. The molecule has 0 spiro atoms. The molecule has 0 saturated heterocycles. The number of hydrogen-bond acceptors (Lipinski definition) is 7. The largest absolute Gasteiger partial charge is 0.315 e. The molecule has 0 unspecified atom stereocenters. The summed E-state index contributed by atoms with van der Waals surface area (Å²) in [6.07, 6.45) is 2.33. The molecule has 0 fully saturated rings. The van der Waals surface area contributed by atoms with Crippen molar-refractivity contribution < 1.29 is 17.6 Å². The fourth-order valence-electron chi connectivity index (χ4n) is 2.82. The normalized spacial score (nSPS) is 11.9. The Labute approximate surface area is 176 Å². The highest BCUT2D eigenvalue weighted by molar-refractivity contribution is 7.90. The van der Waals surface area contributed by atoms with E-state index in [1.54, 1.807) is 42.7 Å². The van der Waals surface area contributed by atoms with E-state index < -0.39 is 26.7 Å². The average molecular weight is 446 g/mol. The van der Waals surface area contributed by atoms with Crippen LogP contribution >= 0.6 is 11.5 Å². The third kappa shape index (κ3) is 4.29. The van der Waals surface area contributed by atoms with E-state index in [0.717, 1.165) is 11.9 Å². The lowest BCUT2D eigenvalue weighted by Crippen LogP contribution is -2.13. The molecular formula is C19H16FN5O3S2. The summed E-state index contributed by atoms with van der Waals surface area (Å²) in [5.74, 6) is -1.16. The molecule has 3 aromatic rings. The van der Waals surface area contributed by atoms with E-state index in [0.29, 0.717) is 28.5 Å². The zero-order chi connectivity index (χ0) is 22.1. The average Bonchev–Trinajstić information content (AvgIpc) is 3.25. The summed E-state index contributed by atoms with van der Waals surface area (Å²) in [7, 11) is -3.61. The number of anilines is 1. The van der Waals surface area contributed by atoms with Crippen LogP contribution in [-0.4, -0.2) is 34.5 Å². The number of rotatable bonds is 5. The number of nitriles is 1. The Morgan fingerprint density at radius 1 is 1.33 bits per heavy atom. The van der Waals surface area contributed by atoms with Crippen molar-refractivity contribution in [3.63, 3.8) is 0 Å². The van der Waals surface area contributed by atoms with Gasteiger partial charge in [0.2, 0.25) is 15.0 Å². The van der Waals surface area contributed by atoms with Crippen LogP contribution in [0, 0.1) is 31.0 Å². The van der Waals surface area contributed by atoms with Crippen molar-refractivity contribution in [1.29, 1.82) is 5.26 Å². The quantitative estimate of drug-likeness (QED) is 0.476. The number of aryl methyl sites for hydroxylation is 1. The van der Waals surface area contributed by atoms with Crippen LogP contribution in [0.4, 0.5) is 9.52 Å². The maximum atomic E-state index is 14.2. The Balaban J connectivity index is 1.92. The first-order chi connectivity index (χ1) is 14.1. The molecule has 0 saturated carbocycles. The summed E-state index contributed by atoms with van der Waals surface area (Å²) in [6.45, 7) is 3.54. The molecule has 1 aromatic carbocycles. The summed E-state index contributed by atoms with van der Waals surface area (Å²) in [4.78, 5) is 16.2. The lowest BCUT2D eigenvalue weighted by atomic mass is 10.1. The van der Waals surface area contributed by atoms with Gasteiger partial charge >= 0.3 is 0 Å². The second-order valence-electron chi connectivity index (χ2n) is 6.39. The van der Waals surface area contributed by atoms with E-state index in [1.165, 1.54) is 12.1 Å². The molecular weight excluding hydrogens is 429 g/mol. The topological polar surface area (TPSA) is 118 Å². The summed E-state index contributed by atoms with van der Waals surface area (Å²) < 4.78 is 42.5. The molecule has 0 aliphatic rings. The van der Waals surface area contributed by atoms with Gasteiger partial charge in [0.15, 0.2) is 0 Å². The highest BCUT2D eigenvalue weighted by atomic mass is 32.2. The Morgan fingerprint density at radius 2 is 2.03 bits per heavy atom. The molecule has 1 N–H and O–H groups in total. The second-order valence-corrected chi connectivity index (χ2v) is 9.05. The zero-order valence-electron chi connectivity index (χ0n) is 16.2. The van der Waals surface area contributed by atoms with E-state index in [2.05, 4.69) is 14.7 Å². The number of para-hydroxylation sites is 1. The van der Waals surface area contributed by atoms with Crippen LogP contribution in [0.5, 0.6) is 0 Å². The number of carbonyl (C=O) groups is 1. The van der Waals surface area contributed by atoms with Gasteiger partial charge in [-0.05, 0) is 43.7 Å². The number of nitrogens with one attached hydrogen (secondary N) is 1. The van der Waals surface area contributed by atoms with Crippen molar-refractivity contribution in [2.75, 3.05) is 11.6 Å². The fraction of sp³-hybridized carbons (Fsp3) is 0.158. The SMILES string of the molecule is Cc1cc(/C=C(/C#N)C(=O)Nc2nc(S(C)(=O)=O)ns2)c(C)n1-c1ccccc1F. The van der Waals surface area contributed by atoms with Crippen LogP contribution in [0.2, 0.25) is 0 Å². The molecule has 154 valence electrons. The number of sulfone groups is 1. The third-order valence-electron chi connectivity index (χ3n) is 4.19. The molecule has 1 amide bonds. The van der Waals surface area contributed by atoms with E-state index in [1.807, 2.05) is 6.07 Å². The van der Waals surface area contributed by atoms with E-state index in [-0.39, 0.29) is 10.7 Å². The Morgan fingerprint density at radius 3 is 2.63 bits per heavy atom. The van der Waals surface area contributed by atoms with Crippen LogP contribution in [0.15, 0.2) is 41.1 Å². The first-order valence-electron chi connectivity index (χ1n) is 8.52. The molecule has 30 heavy (non-hydrogen) atoms. The number of carbonyl (C=O) groups excluding carboxylic acids is 1. The van der Waals surface area contributed by atoms with Crippen LogP contribution in [-0.2, 0) is 14.6 Å². The number of aromatic nitrogens is 3. The summed E-state index contributed by atoms with van der Waals surface area (Å²) in [6, 6.07) is 9.85. The van der Waals surface area contributed by atoms with E-state index in [4.69, 9.17) is 0 Å². The van der Waals surface area contributed by atoms with Crippen LogP contribution in [0.1, 0.15) is 17.0 Å². The molecule has 2 aromatic heterocycles. The minimum atomic E-state index is -3.61. The van der Waals surface area contributed by atoms with Crippen molar-refractivity contribution in [3.8, 4) is 11.8 Å². The van der Waals surface area contributed by atoms with Crippen molar-refractivity contribution in [1.82, 2.24) is 13.9 Å². The van der Waals surface area contributed by atoms with Crippen LogP contribution < -0.4 is 5.32 Å². The molecule has 0 atom stereocenters. The lowest BCUT2D eigenvalue weighted by molar-refractivity contribution is -0.112. The zero-order valence-corrected chi connectivity index (χ0v) is 17.8. The molecule has 0 bridgehead atoms. The standard InChI is InChI=1S/C19H16FN5O3S2/c1-11-8-13(12(2)25(11)16-7-5-4-6-15(16)20)9-14(10-21)17(26)22-18-23-19(24-29-18)30(3,27)28/h4-9H,1-3H3,(H,22,23,24,26)/b14-9-. The first-order valence-corrected chi connectivity index (χ1v) is 11.2. The number of nitrogens with zero attached hydrogens (tertiary/aromatic N) is 4. The van der Waals surface area contributed by atoms with E-state index in [9.17, 15) is 22.9 Å². The van der Waals surface area contributed by atoms with Crippen molar-refractivity contribution in [2.24, 2.45) is 0 Å². The number of halogens is 1. The Hall–Kier alpha value is -3.36. The van der Waals surface area contributed by atoms with Gasteiger partial charge in [0.05, 0.1) is 5.69 Å². The minimum absolute atomic E-state index is 0.0431. The van der Waals surface area contributed by atoms with Gasteiger partial charge in [0.25, 0.3) is 11.1 Å². The van der Waals surface area contributed by atoms with Gasteiger partial charge in [-0.25, -0.2) is 12.8 Å². The van der Waals surface area contributed by atoms with E-state index >= 15 is 0 Å². The third-order valence-corrected chi connectivity index (χ3v) is 5.78. The number of amides is 1. The maximum absolute atomic E-state index is 14.2. The first kappa shape index (κ1) is 21.4. The second kappa shape index (κ2) is 8.17. The predicted octanol–water partition coefficient (Wildman–Crippen LogP) is 3.03. The highest BCUT2D eigenvalue weighted by Gasteiger charge is 2.19. The monoisotopic (exact) mass is 445 g/mol. The Kier molecular flexibility index (Phi) is 5.82. The predicted molar refractivity (Wildman–Crippen MR) is 110 cm³/mol. The molecule has 3 rings (SSSR count). The summed E-state index contributed by atoms with van der Waals surface area (Å²) in [5.41, 5.74) is 2.07. The lowest BCUT2D eigenvalue weighted by Gasteiger charge is -2.10. The van der Waals surface area contributed by atoms with Crippen LogP contribution in [0.25, 0.3) is 11.8 Å². The van der Waals surface area contributed by atoms with Gasteiger partial charge in [-0.3, -0.25) is 10.1 Å². The van der Waals surface area contributed by atoms with Gasteiger partial charge in [-0.15, -0.1) is 0 Å². The fourth-order valence-corrected chi connectivity index (χ4v) is 4.26. The van der Waals surface area contributed by atoms with Crippen LogP contribution in [0.3, 0.4) is 0 Å². The van der Waals surface area contributed by atoms with Gasteiger partial charge in [-0.1, -0.05) is 12.1 Å². The number of benzene rings is 1. The Bertz CT molecular complexity index is 1320. The van der Waals surface area contributed by atoms with Gasteiger partial charge in [0.1, 0.15) is 17.5 Å². The molecule has 0 radical (unpaired) electrons. The summed E-state index contributed by atoms with van der Waals surface area (Å²) >= 11 is 0.693. The van der Waals surface area contributed by atoms with Gasteiger partial charge in [-0.2, -0.15) is 14.6 Å². The van der Waals surface area contributed by atoms with Gasteiger partial charge < -0.3 is 4.57 Å². The van der Waals surface area contributed by atoms with Crippen molar-refractivity contribution in [3.05, 3.63) is 58.7 Å². The minimum Gasteiger partial charge on any atom is -0.315 e. The molecule has 0 aliphatic carbocycles. The smallest absolute Gasteiger partial charge is 0.268 e. The van der Waals surface area contributed by atoms with Crippen molar-refractivity contribution in [2.45, 2.75) is 19.0 Å². The molecule has 8 nitrogen and oxygen atoms in total. The maximum Gasteiger partial charge on any atom is 0.268 e. The van der Waals surface area contributed by atoms with Crippen molar-refractivity contribution >= 4 is 38.5 Å². The highest BCUT2D eigenvalue weighted by Crippen LogP contribution is 2.25. The van der Waals surface area contributed by atoms with Gasteiger partial charge in [0, 0.05) is 29.2 Å². The molecule has 0 aliphatic heterocycles.